The number of hydrogen-bond donors (Lipinski definition) is 0. The van der Waals surface area contributed by atoms with Crippen molar-refractivity contribution in [3.8, 4) is 0 Å². The van der Waals surface area contributed by atoms with Crippen molar-refractivity contribution in [3.05, 3.63) is 29.6 Å². The van der Waals surface area contributed by atoms with Gasteiger partial charge in [0, 0.05) is 18.6 Å². The molecule has 0 saturated heterocycles. The molecule has 0 bridgehead atoms. The van der Waals surface area contributed by atoms with Crippen LogP contribution in [0.2, 0.25) is 0 Å². The second-order valence-electron chi connectivity index (χ2n) is 4.58. The Morgan fingerprint density at radius 2 is 1.78 bits per heavy atom. The number of amidine groups is 1. The van der Waals surface area contributed by atoms with Crippen LogP contribution < -0.4 is 9.43 Å². The summed E-state index contributed by atoms with van der Waals surface area (Å²) in [7, 11) is -4.42. The molecule has 12 heteroatoms. The van der Waals surface area contributed by atoms with Crippen LogP contribution in [0.4, 0.5) is 21.0 Å². The minimum absolute atomic E-state index is 0. The van der Waals surface area contributed by atoms with Gasteiger partial charge in [0.2, 0.25) is 0 Å². The minimum Gasteiger partial charge on any atom is -1.00 e. The molecule has 2 rings (SSSR count). The molecule has 0 aromatic carbocycles. The SMILES string of the molecule is CN1CCC[N+](C)=C1Sc1cccc[n+]1[O-].FP(F)(F)(F)F.[F-]. The zero-order valence-corrected chi connectivity index (χ0v) is 14.0. The minimum atomic E-state index is -8.55. The Balaban J connectivity index is 0.000000599. The van der Waals surface area contributed by atoms with Gasteiger partial charge in [0.1, 0.15) is 0 Å². The largest absolute Gasteiger partial charge is 1.00 e. The van der Waals surface area contributed by atoms with Gasteiger partial charge >= 0.3 is 34.3 Å². The Labute approximate surface area is 134 Å². The predicted octanol–water partition coefficient (Wildman–Crippen LogP) is 0.712. The second kappa shape index (κ2) is 8.05. The van der Waals surface area contributed by atoms with Crippen LogP contribution in [-0.4, -0.2) is 41.8 Å². The standard InChI is InChI=1S/C11H16N3OS.F5P.FH/c1-12-7-5-8-13(2)11(12)16-10-6-3-4-9-14(10)15;1-6(2,3,4)5;/h3-4,6,9H,5,7-8H2,1-2H3;;1H/q+1;;/p-1. The van der Waals surface area contributed by atoms with Gasteiger partial charge in [-0.15, -0.1) is 0 Å². The van der Waals surface area contributed by atoms with E-state index >= 15 is 0 Å². The number of hydrogen-bond acceptors (Lipinski definition) is 3. The first-order valence-corrected chi connectivity index (χ1v) is 8.69. The third-order valence-corrected chi connectivity index (χ3v) is 3.96. The van der Waals surface area contributed by atoms with Crippen LogP contribution in [0.1, 0.15) is 6.42 Å². The Morgan fingerprint density at radius 3 is 2.26 bits per heavy atom. The molecule has 2 heterocycles. The number of rotatable bonds is 1. The fourth-order valence-electron chi connectivity index (χ4n) is 1.77. The van der Waals surface area contributed by atoms with Crippen LogP contribution in [0.15, 0.2) is 29.4 Å². The molecule has 1 aromatic rings. The van der Waals surface area contributed by atoms with Gasteiger partial charge in [-0.25, -0.2) is 0 Å². The maximum atomic E-state index is 11.6. The molecule has 4 nitrogen and oxygen atoms in total. The number of halogens is 6. The molecular formula is C11H16F6N3OPS. The van der Waals surface area contributed by atoms with Gasteiger partial charge in [0.25, 0.3) is 5.03 Å². The van der Waals surface area contributed by atoms with E-state index in [9.17, 15) is 26.2 Å². The van der Waals surface area contributed by atoms with Gasteiger partial charge < -0.3 is 9.91 Å². The van der Waals surface area contributed by atoms with Gasteiger partial charge in [-0.1, -0.05) is 0 Å². The summed E-state index contributed by atoms with van der Waals surface area (Å²) in [6.45, 7) is 2.11. The second-order valence-corrected chi connectivity index (χ2v) is 6.85. The van der Waals surface area contributed by atoms with E-state index in [1.54, 1.807) is 6.07 Å². The first-order chi connectivity index (χ1) is 9.92. The predicted molar refractivity (Wildman–Crippen MR) is 77.0 cm³/mol. The van der Waals surface area contributed by atoms with Gasteiger partial charge in [0.15, 0.2) is 6.20 Å². The summed E-state index contributed by atoms with van der Waals surface area (Å²) in [6.07, 6.45) is 2.70. The van der Waals surface area contributed by atoms with Gasteiger partial charge in [0.05, 0.1) is 38.9 Å². The summed E-state index contributed by atoms with van der Waals surface area (Å²) < 4.78 is 52.3. The fourth-order valence-corrected chi connectivity index (χ4v) is 2.75. The van der Waals surface area contributed by atoms with E-state index in [1.165, 1.54) is 24.4 Å². The van der Waals surface area contributed by atoms with Crippen LogP contribution in [0.3, 0.4) is 0 Å². The normalized spacial score (nSPS) is 16.7. The quantitative estimate of drug-likeness (QED) is 0.310. The van der Waals surface area contributed by atoms with E-state index in [2.05, 4.69) is 23.6 Å². The molecule has 0 N–H and O–H groups in total. The first-order valence-electron chi connectivity index (χ1n) is 6.18. The molecule has 0 amide bonds. The van der Waals surface area contributed by atoms with E-state index in [-0.39, 0.29) is 4.70 Å². The molecule has 0 radical (unpaired) electrons. The fraction of sp³-hybridized carbons (Fsp3) is 0.455. The van der Waals surface area contributed by atoms with E-state index in [0.29, 0.717) is 0 Å². The van der Waals surface area contributed by atoms with Gasteiger partial charge in [-0.3, -0.25) is 9.48 Å². The molecule has 0 unspecified atom stereocenters. The van der Waals surface area contributed by atoms with Crippen molar-refractivity contribution < 1.29 is 35.0 Å². The molecule has 1 aromatic heterocycles. The topological polar surface area (TPSA) is 33.2 Å². The molecule has 0 fully saturated rings. The molecule has 0 aliphatic carbocycles. The van der Waals surface area contributed by atoms with Crippen LogP contribution in [0, 0.1) is 5.21 Å². The van der Waals surface area contributed by atoms with Gasteiger partial charge in [-0.2, -0.15) is 4.73 Å². The molecular weight excluding hydrogens is 367 g/mol. The van der Waals surface area contributed by atoms with Crippen molar-refractivity contribution >= 4 is 25.1 Å². The van der Waals surface area contributed by atoms with Crippen molar-refractivity contribution in [2.24, 2.45) is 0 Å². The van der Waals surface area contributed by atoms with Crippen LogP contribution in [0.25, 0.3) is 0 Å². The summed E-state index contributed by atoms with van der Waals surface area (Å²) >= 11 is 1.53. The summed E-state index contributed by atoms with van der Waals surface area (Å²) in [6, 6.07) is 5.48. The summed E-state index contributed by atoms with van der Waals surface area (Å²) in [5.41, 5.74) is 0. The number of thioether (sulfide) groups is 1. The van der Waals surface area contributed by atoms with Crippen molar-refractivity contribution in [1.82, 2.24) is 4.90 Å². The molecule has 0 saturated carbocycles. The van der Waals surface area contributed by atoms with Crippen molar-refractivity contribution in [2.75, 3.05) is 27.2 Å². The van der Waals surface area contributed by atoms with Crippen LogP contribution >= 0.6 is 19.9 Å². The summed E-state index contributed by atoms with van der Waals surface area (Å²) in [4.78, 5) is 2.20. The zero-order valence-electron chi connectivity index (χ0n) is 12.3. The Kier molecular flexibility index (Phi) is 7.62. The Morgan fingerprint density at radius 1 is 1.22 bits per heavy atom. The molecule has 23 heavy (non-hydrogen) atoms. The van der Waals surface area contributed by atoms with Crippen molar-refractivity contribution in [2.45, 2.75) is 11.4 Å². The van der Waals surface area contributed by atoms with E-state index in [4.69, 9.17) is 0 Å². The average Bonchev–Trinajstić information content (AvgIpc) is 2.33. The first kappa shape index (κ1) is 21.8. The van der Waals surface area contributed by atoms with Crippen LogP contribution in [0.5, 0.6) is 0 Å². The molecule has 1 aliphatic rings. The third-order valence-electron chi connectivity index (χ3n) is 2.62. The maximum absolute atomic E-state index is 11.6. The molecule has 0 spiro atoms. The van der Waals surface area contributed by atoms with Crippen molar-refractivity contribution in [3.63, 3.8) is 0 Å². The zero-order chi connectivity index (χ0) is 17.0. The van der Waals surface area contributed by atoms with Crippen molar-refractivity contribution in [1.29, 1.82) is 0 Å². The van der Waals surface area contributed by atoms with Gasteiger partial charge in [-0.05, 0) is 6.07 Å². The number of pyridine rings is 1. The molecule has 0 atom stereocenters. The van der Waals surface area contributed by atoms with E-state index in [0.717, 1.165) is 28.0 Å². The number of nitrogens with zero attached hydrogens (tertiary/aromatic N) is 3. The average molecular weight is 383 g/mol. The monoisotopic (exact) mass is 383 g/mol. The number of aromatic nitrogens is 1. The van der Waals surface area contributed by atoms with E-state index in [1.807, 2.05) is 12.1 Å². The third kappa shape index (κ3) is 9.50. The Hall–Kier alpha value is -1.22. The van der Waals surface area contributed by atoms with Crippen LogP contribution in [-0.2, 0) is 0 Å². The molecule has 1 aliphatic heterocycles. The maximum Gasteiger partial charge on any atom is -1.00 e. The smallest absolute Gasteiger partial charge is 1.00 e. The molecule has 134 valence electrons. The Bertz CT molecular complexity index is 549. The summed E-state index contributed by atoms with van der Waals surface area (Å²) in [5.74, 6) is 0. The van der Waals surface area contributed by atoms with E-state index < -0.39 is 8.16 Å². The summed E-state index contributed by atoms with van der Waals surface area (Å²) in [5, 5.41) is 13.4.